The van der Waals surface area contributed by atoms with Crippen LogP contribution in [0.3, 0.4) is 0 Å². The van der Waals surface area contributed by atoms with E-state index in [4.69, 9.17) is 16.0 Å². The molecule has 0 spiro atoms. The van der Waals surface area contributed by atoms with Crippen LogP contribution in [0.25, 0.3) is 0 Å². The first-order valence-electron chi connectivity index (χ1n) is 7.45. The van der Waals surface area contributed by atoms with Crippen LogP contribution in [0.1, 0.15) is 34.1 Å². The van der Waals surface area contributed by atoms with Crippen LogP contribution in [-0.2, 0) is 0 Å². The molecule has 3 heterocycles. The fourth-order valence-corrected chi connectivity index (χ4v) is 3.70. The summed E-state index contributed by atoms with van der Waals surface area (Å²) in [6.45, 7) is 0. The molecule has 4 rings (SSSR count). The summed E-state index contributed by atoms with van der Waals surface area (Å²) in [7, 11) is 0. The van der Waals surface area contributed by atoms with Gasteiger partial charge in [0.25, 0.3) is 5.91 Å². The number of thiophene rings is 1. The number of amides is 1. The van der Waals surface area contributed by atoms with Crippen LogP contribution < -0.4 is 0 Å². The highest BCUT2D eigenvalue weighted by molar-refractivity contribution is 7.08. The third kappa shape index (κ3) is 2.66. The van der Waals surface area contributed by atoms with E-state index in [-0.39, 0.29) is 11.9 Å². The van der Waals surface area contributed by atoms with Gasteiger partial charge in [0, 0.05) is 6.42 Å². The van der Waals surface area contributed by atoms with Gasteiger partial charge >= 0.3 is 0 Å². The second kappa shape index (κ2) is 6.26. The zero-order valence-electron chi connectivity index (χ0n) is 12.6. The van der Waals surface area contributed by atoms with Gasteiger partial charge in [-0.25, -0.2) is 5.01 Å². The van der Waals surface area contributed by atoms with Crippen molar-refractivity contribution in [2.75, 3.05) is 0 Å². The van der Waals surface area contributed by atoms with Crippen molar-refractivity contribution in [3.05, 3.63) is 81.4 Å². The molecule has 120 valence electrons. The summed E-state index contributed by atoms with van der Waals surface area (Å²) in [5.74, 6) is 0.475. The van der Waals surface area contributed by atoms with Crippen molar-refractivity contribution in [3.63, 3.8) is 0 Å². The summed E-state index contributed by atoms with van der Waals surface area (Å²) < 4.78 is 5.45. The molecule has 1 amide bonds. The summed E-state index contributed by atoms with van der Waals surface area (Å²) in [5, 5.41) is 10.5. The van der Waals surface area contributed by atoms with E-state index >= 15 is 0 Å². The predicted molar refractivity (Wildman–Crippen MR) is 94.5 cm³/mol. The minimum absolute atomic E-state index is 0.153. The van der Waals surface area contributed by atoms with Gasteiger partial charge < -0.3 is 4.42 Å². The molecule has 0 fully saturated rings. The monoisotopic (exact) mass is 356 g/mol. The number of rotatable bonds is 3. The molecule has 24 heavy (non-hydrogen) atoms. The van der Waals surface area contributed by atoms with Crippen LogP contribution in [-0.4, -0.2) is 16.6 Å². The molecule has 0 saturated heterocycles. The summed E-state index contributed by atoms with van der Waals surface area (Å²) >= 11 is 7.79. The van der Waals surface area contributed by atoms with Gasteiger partial charge in [0.2, 0.25) is 0 Å². The Morgan fingerprint density at radius 3 is 2.83 bits per heavy atom. The molecule has 2 aromatic heterocycles. The number of furan rings is 1. The van der Waals surface area contributed by atoms with E-state index in [1.807, 2.05) is 29.0 Å². The Morgan fingerprint density at radius 1 is 1.25 bits per heavy atom. The molecule has 1 aromatic carbocycles. The van der Waals surface area contributed by atoms with Gasteiger partial charge in [0.1, 0.15) is 11.5 Å². The smallest absolute Gasteiger partial charge is 0.276 e. The number of benzene rings is 1. The standard InChI is InChI=1S/C18H13ClN2O2S/c19-14-5-2-1-4-13(14)18(22)21-16(12-7-9-24-11-12)10-15(20-21)17-6-3-8-23-17/h1-9,11,16H,10H2. The Hall–Kier alpha value is -2.37. The summed E-state index contributed by atoms with van der Waals surface area (Å²) in [5.41, 5.74) is 2.27. The third-order valence-electron chi connectivity index (χ3n) is 3.96. The molecule has 0 radical (unpaired) electrons. The Kier molecular flexibility index (Phi) is 3.96. The quantitative estimate of drug-likeness (QED) is 0.664. The highest BCUT2D eigenvalue weighted by atomic mass is 35.5. The lowest BCUT2D eigenvalue weighted by Gasteiger charge is -2.21. The van der Waals surface area contributed by atoms with Crippen molar-refractivity contribution < 1.29 is 9.21 Å². The van der Waals surface area contributed by atoms with Gasteiger partial charge in [-0.2, -0.15) is 16.4 Å². The molecular formula is C18H13ClN2O2S. The molecule has 0 N–H and O–H groups in total. The van der Waals surface area contributed by atoms with Gasteiger partial charge in [-0.1, -0.05) is 23.7 Å². The average molecular weight is 357 g/mol. The van der Waals surface area contributed by atoms with Gasteiger partial charge in [-0.05, 0) is 46.7 Å². The first-order valence-corrected chi connectivity index (χ1v) is 8.77. The van der Waals surface area contributed by atoms with Gasteiger partial charge in [-0.15, -0.1) is 0 Å². The van der Waals surface area contributed by atoms with E-state index in [9.17, 15) is 4.79 Å². The molecule has 1 unspecified atom stereocenters. The first-order chi connectivity index (χ1) is 11.7. The minimum atomic E-state index is -0.210. The average Bonchev–Trinajstić information content (AvgIpc) is 3.33. The summed E-state index contributed by atoms with van der Waals surface area (Å²) in [4.78, 5) is 13.0. The number of carbonyl (C=O) groups excluding carboxylic acids is 1. The highest BCUT2D eigenvalue weighted by Gasteiger charge is 2.35. The Morgan fingerprint density at radius 2 is 2.12 bits per heavy atom. The molecule has 4 nitrogen and oxygen atoms in total. The molecular weight excluding hydrogens is 344 g/mol. The van der Waals surface area contributed by atoms with Crippen molar-refractivity contribution in [1.82, 2.24) is 5.01 Å². The van der Waals surface area contributed by atoms with Crippen molar-refractivity contribution in [3.8, 4) is 0 Å². The molecule has 6 heteroatoms. The van der Waals surface area contributed by atoms with Crippen LogP contribution in [0.5, 0.6) is 0 Å². The lowest BCUT2D eigenvalue weighted by atomic mass is 10.0. The predicted octanol–water partition coefficient (Wildman–Crippen LogP) is 4.99. The first kappa shape index (κ1) is 15.2. The van der Waals surface area contributed by atoms with E-state index in [0.29, 0.717) is 22.8 Å². The second-order valence-electron chi connectivity index (χ2n) is 5.43. The van der Waals surface area contributed by atoms with Gasteiger partial charge in [0.05, 0.1) is 22.9 Å². The van der Waals surface area contributed by atoms with Gasteiger partial charge in [0.15, 0.2) is 0 Å². The minimum Gasteiger partial charge on any atom is -0.463 e. The molecule has 3 aromatic rings. The maximum atomic E-state index is 13.0. The normalized spacial score (nSPS) is 17.1. The Labute approximate surface area is 148 Å². The molecule has 0 saturated carbocycles. The SMILES string of the molecule is O=C(c1ccccc1Cl)N1N=C(c2ccco2)CC1c1ccsc1. The maximum Gasteiger partial charge on any atom is 0.276 e. The molecule has 1 aliphatic rings. The van der Waals surface area contributed by atoms with Crippen molar-refractivity contribution in [2.24, 2.45) is 5.10 Å². The molecule has 0 aliphatic carbocycles. The number of hydrazone groups is 1. The number of hydrogen-bond acceptors (Lipinski definition) is 4. The van der Waals surface area contributed by atoms with E-state index in [0.717, 1.165) is 11.3 Å². The highest BCUT2D eigenvalue weighted by Crippen LogP contribution is 2.35. The number of carbonyl (C=O) groups is 1. The van der Waals surface area contributed by atoms with Crippen LogP contribution in [0.4, 0.5) is 0 Å². The van der Waals surface area contributed by atoms with Crippen molar-refractivity contribution in [2.45, 2.75) is 12.5 Å². The lowest BCUT2D eigenvalue weighted by Crippen LogP contribution is -2.27. The lowest BCUT2D eigenvalue weighted by molar-refractivity contribution is 0.0711. The maximum absolute atomic E-state index is 13.0. The Balaban J connectivity index is 1.74. The Bertz CT molecular complexity index is 888. The van der Waals surface area contributed by atoms with Crippen LogP contribution in [0.2, 0.25) is 5.02 Å². The van der Waals surface area contributed by atoms with Crippen LogP contribution in [0, 0.1) is 0 Å². The third-order valence-corrected chi connectivity index (χ3v) is 4.99. The largest absolute Gasteiger partial charge is 0.463 e. The number of hydrogen-bond donors (Lipinski definition) is 0. The second-order valence-corrected chi connectivity index (χ2v) is 6.62. The van der Waals surface area contributed by atoms with E-state index in [1.165, 1.54) is 5.01 Å². The number of nitrogens with zero attached hydrogens (tertiary/aromatic N) is 2. The zero-order chi connectivity index (χ0) is 16.5. The van der Waals surface area contributed by atoms with Crippen LogP contribution in [0.15, 0.2) is 69.0 Å². The fraction of sp³-hybridized carbons (Fsp3) is 0.111. The summed E-state index contributed by atoms with van der Waals surface area (Å²) in [6, 6.07) is 12.6. The van der Waals surface area contributed by atoms with E-state index < -0.39 is 0 Å². The van der Waals surface area contributed by atoms with Gasteiger partial charge in [-0.3, -0.25) is 4.79 Å². The van der Waals surface area contributed by atoms with Crippen molar-refractivity contribution in [1.29, 1.82) is 0 Å². The van der Waals surface area contributed by atoms with Crippen LogP contribution >= 0.6 is 22.9 Å². The van der Waals surface area contributed by atoms with E-state index in [1.54, 1.807) is 41.9 Å². The fourth-order valence-electron chi connectivity index (χ4n) is 2.77. The van der Waals surface area contributed by atoms with Crippen molar-refractivity contribution >= 4 is 34.6 Å². The van der Waals surface area contributed by atoms with E-state index in [2.05, 4.69) is 5.10 Å². The zero-order valence-corrected chi connectivity index (χ0v) is 14.1. The number of halogens is 1. The summed E-state index contributed by atoms with van der Waals surface area (Å²) in [6.07, 6.45) is 2.22. The topological polar surface area (TPSA) is 45.8 Å². The molecule has 1 atom stereocenters. The molecule has 0 bridgehead atoms. The molecule has 1 aliphatic heterocycles.